The molecule has 4 nitrogen and oxygen atoms in total. The molecule has 0 amide bonds. The molecule has 0 bridgehead atoms. The molecule has 0 aliphatic heterocycles. The number of carbonyl (C=O) groups is 1. The van der Waals surface area contributed by atoms with Crippen LogP contribution in [0.15, 0.2) is 30.3 Å². The van der Waals surface area contributed by atoms with Gasteiger partial charge in [0.15, 0.2) is 0 Å². The largest absolute Gasteiger partial charge is 0.477 e. The first-order chi connectivity index (χ1) is 6.24. The van der Waals surface area contributed by atoms with E-state index in [1.165, 1.54) is 7.05 Å². The van der Waals surface area contributed by atoms with E-state index >= 15 is 0 Å². The molecule has 0 aliphatic rings. The topological polar surface area (TPSA) is 58.6 Å². The fraction of sp³-hybridized carbons (Fsp3) is 0.222. The van der Waals surface area contributed by atoms with Gasteiger partial charge in [-0.25, -0.2) is 4.79 Å². The first-order valence-electron chi connectivity index (χ1n) is 3.86. The van der Waals surface area contributed by atoms with Gasteiger partial charge in [0.2, 0.25) is 6.23 Å². The molecule has 70 valence electrons. The lowest BCUT2D eigenvalue weighted by atomic mass is 10.3. The van der Waals surface area contributed by atoms with Crippen LogP contribution in [0.1, 0.15) is 0 Å². The highest BCUT2D eigenvalue weighted by Crippen LogP contribution is 2.09. The minimum atomic E-state index is -1.04. The number of ether oxygens (including phenoxy) is 1. The fourth-order valence-electron chi connectivity index (χ4n) is 0.868. The average Bonchev–Trinajstić information content (AvgIpc) is 2.15. The minimum Gasteiger partial charge on any atom is -0.477 e. The molecule has 0 fully saturated rings. The van der Waals surface area contributed by atoms with Crippen LogP contribution in [-0.2, 0) is 4.79 Å². The molecule has 0 aliphatic carbocycles. The third-order valence-electron chi connectivity index (χ3n) is 1.48. The molecule has 1 atom stereocenters. The fourth-order valence-corrected chi connectivity index (χ4v) is 0.868. The van der Waals surface area contributed by atoms with Crippen molar-refractivity contribution < 1.29 is 14.6 Å². The second-order valence-electron chi connectivity index (χ2n) is 2.44. The Hall–Kier alpha value is -1.55. The van der Waals surface area contributed by atoms with E-state index in [2.05, 4.69) is 5.32 Å². The quantitative estimate of drug-likeness (QED) is 0.671. The first kappa shape index (κ1) is 9.54. The zero-order valence-corrected chi connectivity index (χ0v) is 7.23. The van der Waals surface area contributed by atoms with E-state index < -0.39 is 12.2 Å². The summed E-state index contributed by atoms with van der Waals surface area (Å²) in [4.78, 5) is 10.5. The van der Waals surface area contributed by atoms with Crippen molar-refractivity contribution >= 4 is 5.97 Å². The van der Waals surface area contributed by atoms with Crippen molar-refractivity contribution in [3.63, 3.8) is 0 Å². The zero-order valence-electron chi connectivity index (χ0n) is 7.23. The molecular formula is C9H11NO3. The summed E-state index contributed by atoms with van der Waals surface area (Å²) >= 11 is 0. The number of aliphatic carboxylic acids is 1. The van der Waals surface area contributed by atoms with Crippen molar-refractivity contribution in [1.29, 1.82) is 0 Å². The van der Waals surface area contributed by atoms with Crippen LogP contribution in [0.5, 0.6) is 5.75 Å². The van der Waals surface area contributed by atoms with E-state index in [9.17, 15) is 4.79 Å². The summed E-state index contributed by atoms with van der Waals surface area (Å²) in [6.07, 6.45) is -0.998. The molecule has 1 unspecified atom stereocenters. The number of likely N-dealkylation sites (N-methyl/N-ethyl adjacent to an activating group) is 1. The zero-order chi connectivity index (χ0) is 9.68. The summed E-state index contributed by atoms with van der Waals surface area (Å²) in [6, 6.07) is 8.80. The number of para-hydroxylation sites is 1. The predicted molar refractivity (Wildman–Crippen MR) is 47.6 cm³/mol. The lowest BCUT2D eigenvalue weighted by Gasteiger charge is -2.13. The average molecular weight is 181 g/mol. The summed E-state index contributed by atoms with van der Waals surface area (Å²) in [5.41, 5.74) is 0. The molecule has 0 radical (unpaired) electrons. The third-order valence-corrected chi connectivity index (χ3v) is 1.48. The van der Waals surface area contributed by atoms with Crippen LogP contribution < -0.4 is 10.1 Å². The van der Waals surface area contributed by atoms with Crippen molar-refractivity contribution in [2.75, 3.05) is 7.05 Å². The molecular weight excluding hydrogens is 170 g/mol. The van der Waals surface area contributed by atoms with Crippen molar-refractivity contribution in [2.45, 2.75) is 6.23 Å². The molecule has 0 aromatic heterocycles. The van der Waals surface area contributed by atoms with Crippen LogP contribution in [0.2, 0.25) is 0 Å². The van der Waals surface area contributed by atoms with Crippen LogP contribution in [0, 0.1) is 0 Å². The lowest BCUT2D eigenvalue weighted by molar-refractivity contribution is -0.146. The second kappa shape index (κ2) is 4.47. The van der Waals surface area contributed by atoms with Crippen molar-refractivity contribution in [2.24, 2.45) is 0 Å². The van der Waals surface area contributed by atoms with Gasteiger partial charge in [0.1, 0.15) is 5.75 Å². The van der Waals surface area contributed by atoms with Gasteiger partial charge in [-0.3, -0.25) is 5.32 Å². The number of hydrogen-bond donors (Lipinski definition) is 2. The Morgan fingerprint density at radius 2 is 2.08 bits per heavy atom. The Labute approximate surface area is 76.1 Å². The molecule has 1 rings (SSSR count). The van der Waals surface area contributed by atoms with E-state index in [1.54, 1.807) is 24.3 Å². The Balaban J connectivity index is 2.62. The normalized spacial score (nSPS) is 12.1. The molecule has 1 aromatic rings. The summed E-state index contributed by atoms with van der Waals surface area (Å²) in [5, 5.41) is 11.2. The van der Waals surface area contributed by atoms with Gasteiger partial charge in [-0.2, -0.15) is 0 Å². The molecule has 0 heterocycles. The number of carboxylic acid groups (broad SMARTS) is 1. The Bertz CT molecular complexity index is 273. The summed E-state index contributed by atoms with van der Waals surface area (Å²) < 4.78 is 5.11. The number of rotatable bonds is 4. The molecule has 0 saturated heterocycles. The van der Waals surface area contributed by atoms with Gasteiger partial charge in [0.25, 0.3) is 0 Å². The number of carboxylic acids is 1. The van der Waals surface area contributed by atoms with E-state index in [4.69, 9.17) is 9.84 Å². The molecule has 2 N–H and O–H groups in total. The highest BCUT2D eigenvalue weighted by molar-refractivity contribution is 5.72. The highest BCUT2D eigenvalue weighted by atomic mass is 16.5. The van der Waals surface area contributed by atoms with Crippen LogP contribution >= 0.6 is 0 Å². The van der Waals surface area contributed by atoms with E-state index in [0.717, 1.165) is 0 Å². The van der Waals surface area contributed by atoms with Crippen LogP contribution in [-0.4, -0.2) is 24.4 Å². The van der Waals surface area contributed by atoms with Crippen LogP contribution in [0.4, 0.5) is 0 Å². The smallest absolute Gasteiger partial charge is 0.360 e. The molecule has 4 heteroatoms. The summed E-state index contributed by atoms with van der Waals surface area (Å²) in [5.74, 6) is -0.504. The van der Waals surface area contributed by atoms with Crippen molar-refractivity contribution in [3.05, 3.63) is 30.3 Å². The number of nitrogens with one attached hydrogen (secondary N) is 1. The standard InChI is InChI=1S/C9H11NO3/c1-10-8(9(11)12)13-7-5-3-2-4-6-7/h2-6,8,10H,1H3,(H,11,12). The number of hydrogen-bond acceptors (Lipinski definition) is 3. The van der Waals surface area contributed by atoms with Crippen LogP contribution in [0.3, 0.4) is 0 Å². The second-order valence-corrected chi connectivity index (χ2v) is 2.44. The van der Waals surface area contributed by atoms with Crippen LogP contribution in [0.25, 0.3) is 0 Å². The van der Waals surface area contributed by atoms with E-state index in [1.807, 2.05) is 6.07 Å². The Morgan fingerprint density at radius 1 is 1.46 bits per heavy atom. The van der Waals surface area contributed by atoms with Gasteiger partial charge in [-0.05, 0) is 19.2 Å². The summed E-state index contributed by atoms with van der Waals surface area (Å²) in [6.45, 7) is 0. The van der Waals surface area contributed by atoms with E-state index in [0.29, 0.717) is 5.75 Å². The molecule has 0 saturated carbocycles. The van der Waals surface area contributed by atoms with Crippen molar-refractivity contribution in [3.8, 4) is 5.75 Å². The lowest BCUT2D eigenvalue weighted by Crippen LogP contribution is -2.39. The molecule has 1 aromatic carbocycles. The number of benzene rings is 1. The third kappa shape index (κ3) is 2.76. The van der Waals surface area contributed by atoms with Gasteiger partial charge >= 0.3 is 5.97 Å². The van der Waals surface area contributed by atoms with Gasteiger partial charge in [-0.15, -0.1) is 0 Å². The summed E-state index contributed by atoms with van der Waals surface area (Å²) in [7, 11) is 1.53. The highest BCUT2D eigenvalue weighted by Gasteiger charge is 2.15. The Kier molecular flexibility index (Phi) is 3.28. The predicted octanol–water partition coefficient (Wildman–Crippen LogP) is 0.695. The van der Waals surface area contributed by atoms with Gasteiger partial charge in [0, 0.05) is 0 Å². The maximum atomic E-state index is 10.5. The maximum Gasteiger partial charge on any atom is 0.360 e. The molecule has 0 spiro atoms. The van der Waals surface area contributed by atoms with Gasteiger partial charge in [0.05, 0.1) is 0 Å². The minimum absolute atomic E-state index is 0.532. The SMILES string of the molecule is CNC(Oc1ccccc1)C(=O)O. The maximum absolute atomic E-state index is 10.5. The van der Waals surface area contributed by atoms with Crippen molar-refractivity contribution in [1.82, 2.24) is 5.32 Å². The van der Waals surface area contributed by atoms with Gasteiger partial charge < -0.3 is 9.84 Å². The van der Waals surface area contributed by atoms with Gasteiger partial charge in [-0.1, -0.05) is 18.2 Å². The van der Waals surface area contributed by atoms with E-state index in [-0.39, 0.29) is 0 Å². The molecule has 13 heavy (non-hydrogen) atoms. The Morgan fingerprint density at radius 3 is 2.54 bits per heavy atom. The monoisotopic (exact) mass is 181 g/mol. The first-order valence-corrected chi connectivity index (χ1v) is 3.86.